The molecule has 0 radical (unpaired) electrons. The van der Waals surface area contributed by atoms with E-state index in [0.29, 0.717) is 28.0 Å². The zero-order valence-electron chi connectivity index (χ0n) is 14.9. The highest BCUT2D eigenvalue weighted by Gasteiger charge is 2.13. The third-order valence-electron chi connectivity index (χ3n) is 3.90. The van der Waals surface area contributed by atoms with Crippen LogP contribution < -0.4 is 10.6 Å². The van der Waals surface area contributed by atoms with Crippen molar-refractivity contribution >= 4 is 46.5 Å². The molecule has 1 heterocycles. The highest BCUT2D eigenvalue weighted by atomic mass is 35.5. The summed E-state index contributed by atoms with van der Waals surface area (Å²) in [5.74, 6) is -0.172. The van der Waals surface area contributed by atoms with E-state index in [1.54, 1.807) is 55.6 Å². The molecule has 3 rings (SSSR count). The summed E-state index contributed by atoms with van der Waals surface area (Å²) in [6, 6.07) is 15.0. The summed E-state index contributed by atoms with van der Waals surface area (Å²) in [5.41, 5.74) is 1.80. The van der Waals surface area contributed by atoms with E-state index in [0.717, 1.165) is 5.56 Å². The molecule has 8 heteroatoms. The Kier molecular flexibility index (Phi) is 6.23. The van der Waals surface area contributed by atoms with Crippen molar-refractivity contribution in [1.82, 2.24) is 4.90 Å². The molecule has 2 N–H and O–H groups in total. The number of carbonyl (C=O) groups excluding carboxylic acids is 2. The zero-order chi connectivity index (χ0) is 20.1. The lowest BCUT2D eigenvalue weighted by Gasteiger charge is -2.19. The van der Waals surface area contributed by atoms with Gasteiger partial charge < -0.3 is 20.0 Å². The van der Waals surface area contributed by atoms with Crippen molar-refractivity contribution in [2.24, 2.45) is 0 Å². The predicted molar refractivity (Wildman–Crippen MR) is 110 cm³/mol. The number of benzene rings is 2. The minimum absolute atomic E-state index is 0.201. The molecule has 0 aliphatic rings. The molecular weight excluding hydrogens is 401 g/mol. The number of nitrogens with one attached hydrogen (secondary N) is 2. The summed E-state index contributed by atoms with van der Waals surface area (Å²) in [6.07, 6.45) is 1.42. The van der Waals surface area contributed by atoms with Crippen molar-refractivity contribution in [3.8, 4) is 0 Å². The summed E-state index contributed by atoms with van der Waals surface area (Å²) < 4.78 is 5.06. The number of furan rings is 1. The highest BCUT2D eigenvalue weighted by Crippen LogP contribution is 2.26. The fourth-order valence-electron chi connectivity index (χ4n) is 2.49. The Balaban J connectivity index is 1.63. The molecule has 6 nitrogen and oxygen atoms in total. The van der Waals surface area contributed by atoms with Gasteiger partial charge in [0.15, 0.2) is 5.76 Å². The molecule has 0 fully saturated rings. The van der Waals surface area contributed by atoms with E-state index >= 15 is 0 Å². The van der Waals surface area contributed by atoms with Crippen LogP contribution in [0.5, 0.6) is 0 Å². The molecule has 3 amide bonds. The van der Waals surface area contributed by atoms with Gasteiger partial charge in [-0.3, -0.25) is 4.79 Å². The molecule has 0 atom stereocenters. The lowest BCUT2D eigenvalue weighted by molar-refractivity contribution is 0.0996. The monoisotopic (exact) mass is 417 g/mol. The first-order chi connectivity index (χ1) is 13.4. The van der Waals surface area contributed by atoms with Crippen molar-refractivity contribution < 1.29 is 14.0 Å². The summed E-state index contributed by atoms with van der Waals surface area (Å²) in [7, 11) is 1.65. The number of hydrogen-bond donors (Lipinski definition) is 2. The van der Waals surface area contributed by atoms with Gasteiger partial charge in [0.2, 0.25) is 0 Å². The van der Waals surface area contributed by atoms with Gasteiger partial charge in [-0.15, -0.1) is 0 Å². The third kappa shape index (κ3) is 4.85. The van der Waals surface area contributed by atoms with Crippen LogP contribution in [0.3, 0.4) is 0 Å². The Bertz CT molecular complexity index is 990. The molecule has 0 unspecified atom stereocenters. The van der Waals surface area contributed by atoms with Crippen molar-refractivity contribution in [3.05, 3.63) is 82.2 Å². The van der Waals surface area contributed by atoms with E-state index in [1.807, 2.05) is 6.07 Å². The number of anilines is 2. The molecular formula is C20H17Cl2N3O3. The van der Waals surface area contributed by atoms with Crippen molar-refractivity contribution in [2.45, 2.75) is 6.54 Å². The lowest BCUT2D eigenvalue weighted by Crippen LogP contribution is -2.31. The van der Waals surface area contributed by atoms with Crippen molar-refractivity contribution in [3.63, 3.8) is 0 Å². The molecule has 144 valence electrons. The Labute approximate surface area is 172 Å². The molecule has 0 aliphatic heterocycles. The second-order valence-corrected chi connectivity index (χ2v) is 6.80. The molecule has 0 saturated carbocycles. The first kappa shape index (κ1) is 19.8. The second-order valence-electron chi connectivity index (χ2n) is 6.01. The Hall–Kier alpha value is -2.96. The van der Waals surface area contributed by atoms with Crippen LogP contribution in [0.15, 0.2) is 65.3 Å². The van der Waals surface area contributed by atoms with Gasteiger partial charge in [0.1, 0.15) is 0 Å². The predicted octanol–water partition coefficient (Wildman–Crippen LogP) is 5.50. The zero-order valence-corrected chi connectivity index (χ0v) is 16.4. The molecule has 3 aromatic rings. The number of urea groups is 1. The highest BCUT2D eigenvalue weighted by molar-refractivity contribution is 6.42. The van der Waals surface area contributed by atoms with Gasteiger partial charge in [-0.25, -0.2) is 4.79 Å². The Morgan fingerprint density at radius 1 is 1.00 bits per heavy atom. The minimum atomic E-state index is -0.374. The van der Waals surface area contributed by atoms with Crippen LogP contribution in [0.25, 0.3) is 0 Å². The molecule has 28 heavy (non-hydrogen) atoms. The molecule has 0 aliphatic carbocycles. The first-order valence-corrected chi connectivity index (χ1v) is 9.09. The van der Waals surface area contributed by atoms with E-state index in [1.165, 1.54) is 11.2 Å². The first-order valence-electron chi connectivity index (χ1n) is 8.34. The third-order valence-corrected chi connectivity index (χ3v) is 4.76. The SMILES string of the molecule is CN(Cc1cccc(Cl)c1Cl)C(=O)Nc1cccc(NC(=O)c2ccco2)c1. The number of carbonyl (C=O) groups is 2. The maximum atomic E-state index is 12.5. The number of halogens is 2. The summed E-state index contributed by atoms with van der Waals surface area (Å²) in [5, 5.41) is 6.35. The van der Waals surface area contributed by atoms with Crippen LogP contribution in [-0.4, -0.2) is 23.9 Å². The van der Waals surface area contributed by atoms with Crippen LogP contribution in [-0.2, 0) is 6.54 Å². The Morgan fingerprint density at radius 3 is 2.43 bits per heavy atom. The Morgan fingerprint density at radius 2 is 1.71 bits per heavy atom. The lowest BCUT2D eigenvalue weighted by atomic mass is 10.2. The largest absolute Gasteiger partial charge is 0.459 e. The quantitative estimate of drug-likeness (QED) is 0.575. The van der Waals surface area contributed by atoms with Crippen LogP contribution in [0.2, 0.25) is 10.0 Å². The topological polar surface area (TPSA) is 74.6 Å². The normalized spacial score (nSPS) is 10.4. The standard InChI is InChI=1S/C20H17Cl2N3O3/c1-25(12-13-5-2-8-16(21)18(13)22)20(27)24-15-7-3-6-14(11-15)23-19(26)17-9-4-10-28-17/h2-11H,12H2,1H3,(H,23,26)(H,24,27). The van der Waals surface area contributed by atoms with E-state index in [-0.39, 0.29) is 17.7 Å². The summed E-state index contributed by atoms with van der Waals surface area (Å²) in [6.45, 7) is 0.292. The molecule has 0 spiro atoms. The van der Waals surface area contributed by atoms with E-state index in [4.69, 9.17) is 27.6 Å². The van der Waals surface area contributed by atoms with E-state index in [2.05, 4.69) is 10.6 Å². The van der Waals surface area contributed by atoms with Gasteiger partial charge in [-0.1, -0.05) is 41.4 Å². The number of amides is 3. The summed E-state index contributed by atoms with van der Waals surface area (Å²) >= 11 is 12.2. The van der Waals surface area contributed by atoms with Crippen molar-refractivity contribution in [1.29, 1.82) is 0 Å². The van der Waals surface area contributed by atoms with Gasteiger partial charge in [-0.2, -0.15) is 0 Å². The van der Waals surface area contributed by atoms with Crippen LogP contribution in [0.1, 0.15) is 16.1 Å². The average Bonchev–Trinajstić information content (AvgIpc) is 3.20. The smallest absolute Gasteiger partial charge is 0.321 e. The fraction of sp³-hybridized carbons (Fsp3) is 0.100. The maximum Gasteiger partial charge on any atom is 0.321 e. The van der Waals surface area contributed by atoms with Gasteiger partial charge in [0, 0.05) is 25.0 Å². The molecule has 2 aromatic carbocycles. The van der Waals surface area contributed by atoms with Gasteiger partial charge in [0.05, 0.1) is 16.3 Å². The molecule has 0 saturated heterocycles. The molecule has 1 aromatic heterocycles. The van der Waals surface area contributed by atoms with Gasteiger partial charge >= 0.3 is 6.03 Å². The van der Waals surface area contributed by atoms with Crippen LogP contribution in [0, 0.1) is 0 Å². The number of hydrogen-bond acceptors (Lipinski definition) is 3. The fourth-order valence-corrected chi connectivity index (χ4v) is 2.87. The van der Waals surface area contributed by atoms with Gasteiger partial charge in [0.25, 0.3) is 5.91 Å². The van der Waals surface area contributed by atoms with Gasteiger partial charge in [-0.05, 0) is 42.0 Å². The van der Waals surface area contributed by atoms with E-state index < -0.39 is 0 Å². The molecule has 0 bridgehead atoms. The summed E-state index contributed by atoms with van der Waals surface area (Å²) in [4.78, 5) is 26.0. The van der Waals surface area contributed by atoms with E-state index in [9.17, 15) is 9.59 Å². The van der Waals surface area contributed by atoms with Crippen LogP contribution in [0.4, 0.5) is 16.2 Å². The maximum absolute atomic E-state index is 12.5. The number of nitrogens with zero attached hydrogens (tertiary/aromatic N) is 1. The van der Waals surface area contributed by atoms with Crippen molar-refractivity contribution in [2.75, 3.05) is 17.7 Å². The minimum Gasteiger partial charge on any atom is -0.459 e. The second kappa shape index (κ2) is 8.82. The van der Waals surface area contributed by atoms with Crippen LogP contribution >= 0.6 is 23.2 Å². The average molecular weight is 418 g/mol. The number of rotatable bonds is 5.